The van der Waals surface area contributed by atoms with Gasteiger partial charge in [0.25, 0.3) is 0 Å². The summed E-state index contributed by atoms with van der Waals surface area (Å²) in [6, 6.07) is 0. The van der Waals surface area contributed by atoms with E-state index in [-0.39, 0.29) is 5.91 Å². The van der Waals surface area contributed by atoms with Crippen LogP contribution in [-0.2, 0) is 20.4 Å². The van der Waals surface area contributed by atoms with Crippen LogP contribution in [0.25, 0.3) is 0 Å². The summed E-state index contributed by atoms with van der Waals surface area (Å²) in [6.45, 7) is 2.94. The number of amides is 1. The molecule has 0 radical (unpaired) electrons. The summed E-state index contributed by atoms with van der Waals surface area (Å²) < 4.78 is 11.5. The van der Waals surface area contributed by atoms with Crippen LogP contribution in [0.2, 0.25) is 0 Å². The van der Waals surface area contributed by atoms with Gasteiger partial charge in [0.1, 0.15) is 11.0 Å². The molecule has 1 fully saturated rings. The van der Waals surface area contributed by atoms with Crippen molar-refractivity contribution in [3.63, 3.8) is 0 Å². The van der Waals surface area contributed by atoms with E-state index < -0.39 is 27.8 Å². The first-order chi connectivity index (χ1) is 7.52. The highest BCUT2D eigenvalue weighted by atomic mass is 32.2. The van der Waals surface area contributed by atoms with Gasteiger partial charge in [0.15, 0.2) is 0 Å². The van der Waals surface area contributed by atoms with E-state index in [4.69, 9.17) is 5.11 Å². The van der Waals surface area contributed by atoms with Crippen LogP contribution in [0.3, 0.4) is 0 Å². The quantitative estimate of drug-likeness (QED) is 0.771. The molecule has 0 aliphatic carbocycles. The molecule has 1 amide bonds. The molecule has 2 atom stereocenters. The number of carboxylic acid groups (broad SMARTS) is 1. The van der Waals surface area contributed by atoms with Gasteiger partial charge in [0.2, 0.25) is 5.91 Å². The lowest BCUT2D eigenvalue weighted by molar-refractivity contribution is -0.134. The molecule has 1 aliphatic heterocycles. The summed E-state index contributed by atoms with van der Waals surface area (Å²) >= 11 is 0. The Balaban J connectivity index is 2.51. The molecule has 6 heteroatoms. The van der Waals surface area contributed by atoms with Crippen LogP contribution >= 0.6 is 0 Å². The van der Waals surface area contributed by atoms with Crippen molar-refractivity contribution in [3.05, 3.63) is 0 Å². The molecule has 5 nitrogen and oxygen atoms in total. The van der Waals surface area contributed by atoms with E-state index in [0.29, 0.717) is 13.1 Å². The lowest BCUT2D eigenvalue weighted by atomic mass is 10.1. The molecule has 0 saturated carbocycles. The highest BCUT2D eigenvalue weighted by Gasteiger charge is 2.27. The van der Waals surface area contributed by atoms with Gasteiger partial charge in [-0.05, 0) is 26.2 Å². The average Bonchev–Trinajstić information content (AvgIpc) is 2.27. The smallest absolute Gasteiger partial charge is 0.316 e. The van der Waals surface area contributed by atoms with Crippen molar-refractivity contribution in [2.24, 2.45) is 0 Å². The van der Waals surface area contributed by atoms with Crippen LogP contribution in [0.5, 0.6) is 0 Å². The minimum atomic E-state index is -1.62. The lowest BCUT2D eigenvalue weighted by Gasteiger charge is -2.28. The Hall–Kier alpha value is -0.910. The Bertz CT molecular complexity index is 299. The van der Waals surface area contributed by atoms with E-state index in [9.17, 15) is 13.8 Å². The van der Waals surface area contributed by atoms with E-state index in [1.165, 1.54) is 6.92 Å². The predicted molar refractivity (Wildman–Crippen MR) is 60.5 cm³/mol. The topological polar surface area (TPSA) is 74.7 Å². The third-order valence-corrected chi connectivity index (χ3v) is 4.20. The predicted octanol–water partition coefficient (Wildman–Crippen LogP) is 0.221. The van der Waals surface area contributed by atoms with Crippen LogP contribution in [-0.4, -0.2) is 50.2 Å². The Kier molecular flexibility index (Phi) is 4.92. The molecule has 1 N–H and O–H groups in total. The van der Waals surface area contributed by atoms with Crippen LogP contribution in [0.1, 0.15) is 26.2 Å². The van der Waals surface area contributed by atoms with E-state index in [2.05, 4.69) is 0 Å². The highest BCUT2D eigenvalue weighted by molar-refractivity contribution is 7.87. The number of hydrogen-bond donors (Lipinski definition) is 1. The van der Waals surface area contributed by atoms with Gasteiger partial charge in [-0.3, -0.25) is 13.8 Å². The maximum absolute atomic E-state index is 11.9. The molecule has 16 heavy (non-hydrogen) atoms. The normalized spacial score (nSPS) is 20.2. The molecule has 0 aromatic rings. The fourth-order valence-electron chi connectivity index (χ4n) is 1.73. The van der Waals surface area contributed by atoms with E-state index in [1.54, 1.807) is 4.90 Å². The van der Waals surface area contributed by atoms with Gasteiger partial charge in [0, 0.05) is 23.9 Å². The molecule has 0 aromatic heterocycles. The number of rotatable bonds is 4. The summed E-state index contributed by atoms with van der Waals surface area (Å²) in [6.07, 6.45) is 3.07. The first kappa shape index (κ1) is 13.2. The van der Waals surface area contributed by atoms with Crippen LogP contribution in [0, 0.1) is 0 Å². The monoisotopic (exact) mass is 247 g/mol. The van der Waals surface area contributed by atoms with Gasteiger partial charge in [0.05, 0.1) is 0 Å². The molecule has 0 bridgehead atoms. The van der Waals surface area contributed by atoms with Crippen molar-refractivity contribution in [1.82, 2.24) is 4.90 Å². The van der Waals surface area contributed by atoms with Gasteiger partial charge >= 0.3 is 5.97 Å². The Labute approximate surface area is 97.3 Å². The van der Waals surface area contributed by atoms with Gasteiger partial charge in [-0.25, -0.2) is 0 Å². The van der Waals surface area contributed by atoms with Gasteiger partial charge in [-0.1, -0.05) is 0 Å². The van der Waals surface area contributed by atoms with Crippen molar-refractivity contribution < 1.29 is 18.9 Å². The van der Waals surface area contributed by atoms with Gasteiger partial charge in [-0.2, -0.15) is 0 Å². The number of hydrogen-bond acceptors (Lipinski definition) is 3. The highest BCUT2D eigenvalue weighted by Crippen LogP contribution is 2.12. The van der Waals surface area contributed by atoms with E-state index in [1.807, 2.05) is 0 Å². The van der Waals surface area contributed by atoms with E-state index >= 15 is 0 Å². The number of aliphatic carboxylic acids is 1. The molecule has 1 aliphatic rings. The number of likely N-dealkylation sites (tertiary alicyclic amines) is 1. The van der Waals surface area contributed by atoms with E-state index in [0.717, 1.165) is 19.3 Å². The molecular formula is C10H17NO4S. The number of carboxylic acids is 1. The summed E-state index contributed by atoms with van der Waals surface area (Å²) in [5.41, 5.74) is 0. The number of carbonyl (C=O) groups excluding carboxylic acids is 1. The van der Waals surface area contributed by atoms with Crippen LogP contribution in [0.15, 0.2) is 0 Å². The number of carbonyl (C=O) groups is 2. The Morgan fingerprint density at radius 1 is 1.31 bits per heavy atom. The Morgan fingerprint density at radius 3 is 2.38 bits per heavy atom. The summed E-state index contributed by atoms with van der Waals surface area (Å²) in [4.78, 5) is 23.9. The fourth-order valence-corrected chi connectivity index (χ4v) is 2.60. The fraction of sp³-hybridized carbons (Fsp3) is 0.800. The minimum absolute atomic E-state index is 0.181. The molecule has 1 heterocycles. The van der Waals surface area contributed by atoms with Crippen molar-refractivity contribution in [2.75, 3.05) is 18.8 Å². The molecule has 0 spiro atoms. The van der Waals surface area contributed by atoms with Crippen molar-refractivity contribution in [3.8, 4) is 0 Å². The van der Waals surface area contributed by atoms with Crippen molar-refractivity contribution >= 4 is 22.7 Å². The molecule has 2 unspecified atom stereocenters. The van der Waals surface area contributed by atoms with Gasteiger partial charge < -0.3 is 10.0 Å². The molecule has 92 valence electrons. The third-order valence-electron chi connectivity index (χ3n) is 2.68. The SMILES string of the molecule is CC(C(=O)N1CCCCC1)S(=O)CC(=O)O. The largest absolute Gasteiger partial charge is 0.481 e. The lowest BCUT2D eigenvalue weighted by Crippen LogP contribution is -2.43. The summed E-state index contributed by atoms with van der Waals surface area (Å²) in [7, 11) is -1.62. The number of nitrogens with zero attached hydrogens (tertiary/aromatic N) is 1. The zero-order valence-electron chi connectivity index (χ0n) is 9.35. The maximum Gasteiger partial charge on any atom is 0.316 e. The second kappa shape index (κ2) is 5.98. The second-order valence-electron chi connectivity index (χ2n) is 3.95. The minimum Gasteiger partial charge on any atom is -0.481 e. The van der Waals surface area contributed by atoms with Crippen LogP contribution < -0.4 is 0 Å². The van der Waals surface area contributed by atoms with Crippen molar-refractivity contribution in [2.45, 2.75) is 31.4 Å². The third kappa shape index (κ3) is 3.59. The number of piperidine rings is 1. The average molecular weight is 247 g/mol. The summed E-state index contributed by atoms with van der Waals surface area (Å²) in [5, 5.41) is 7.79. The zero-order chi connectivity index (χ0) is 12.1. The van der Waals surface area contributed by atoms with Crippen LogP contribution in [0.4, 0.5) is 0 Å². The summed E-state index contributed by atoms with van der Waals surface area (Å²) in [5.74, 6) is -1.77. The second-order valence-corrected chi connectivity index (χ2v) is 5.70. The molecule has 0 aromatic carbocycles. The maximum atomic E-state index is 11.9. The molecule has 1 saturated heterocycles. The molecular weight excluding hydrogens is 230 g/mol. The van der Waals surface area contributed by atoms with Crippen molar-refractivity contribution in [1.29, 1.82) is 0 Å². The Morgan fingerprint density at radius 2 is 1.88 bits per heavy atom. The first-order valence-electron chi connectivity index (χ1n) is 5.40. The standard InChI is InChI=1S/C10H17NO4S/c1-8(16(15)7-9(12)13)10(14)11-5-3-2-4-6-11/h8H,2-7H2,1H3,(H,12,13). The molecule has 1 rings (SSSR count). The zero-order valence-corrected chi connectivity index (χ0v) is 10.2. The first-order valence-corrected chi connectivity index (χ1v) is 6.78. The van der Waals surface area contributed by atoms with Gasteiger partial charge in [-0.15, -0.1) is 0 Å².